The fourth-order valence-electron chi connectivity index (χ4n) is 4.43. The number of nitrogens with zero attached hydrogens (tertiary/aromatic N) is 3. The van der Waals surface area contributed by atoms with Crippen LogP contribution in [0, 0.1) is 0 Å². The number of hydrogen-bond acceptors (Lipinski definition) is 4. The van der Waals surface area contributed by atoms with Crippen LogP contribution in [0.5, 0.6) is 0 Å². The summed E-state index contributed by atoms with van der Waals surface area (Å²) in [5.74, 6) is 1.28. The lowest BCUT2D eigenvalue weighted by molar-refractivity contribution is 0.0708. The summed E-state index contributed by atoms with van der Waals surface area (Å²) in [5.41, 5.74) is 2.13. The standard InChI is InChI=1S/C24H31N3OS/c28-24(27-16-4-8-22(27)19-26-14-1-2-15-26)21-9-11-23(12-10-21)29-17-5-7-20-6-3-13-25-18-20/h3,6,9-13,18,22H,1-2,4-5,7-8,14-17,19H2/t22-/m0/s1. The van der Waals surface area contributed by atoms with Crippen molar-refractivity contribution in [1.82, 2.24) is 14.8 Å². The Morgan fingerprint density at radius 1 is 1.07 bits per heavy atom. The fourth-order valence-corrected chi connectivity index (χ4v) is 5.28. The minimum atomic E-state index is 0.208. The summed E-state index contributed by atoms with van der Waals surface area (Å²) in [6.07, 6.45) is 10.8. The molecule has 1 amide bonds. The molecule has 29 heavy (non-hydrogen) atoms. The molecule has 2 saturated heterocycles. The first kappa shape index (κ1) is 20.4. The van der Waals surface area contributed by atoms with Gasteiger partial charge in [0.25, 0.3) is 5.91 Å². The van der Waals surface area contributed by atoms with Crippen LogP contribution in [0.15, 0.2) is 53.7 Å². The largest absolute Gasteiger partial charge is 0.334 e. The molecule has 0 radical (unpaired) electrons. The Hall–Kier alpha value is -1.85. The summed E-state index contributed by atoms with van der Waals surface area (Å²) in [4.78, 5) is 23.1. The van der Waals surface area contributed by atoms with E-state index < -0.39 is 0 Å². The molecule has 0 spiro atoms. The highest BCUT2D eigenvalue weighted by molar-refractivity contribution is 7.99. The molecule has 154 valence electrons. The molecule has 3 heterocycles. The third-order valence-electron chi connectivity index (χ3n) is 6.01. The zero-order valence-corrected chi connectivity index (χ0v) is 17.9. The maximum atomic E-state index is 13.1. The molecule has 1 aromatic heterocycles. The van der Waals surface area contributed by atoms with Crippen molar-refractivity contribution in [3.05, 3.63) is 59.9 Å². The van der Waals surface area contributed by atoms with E-state index in [1.165, 1.54) is 36.4 Å². The molecular formula is C24H31N3OS. The Morgan fingerprint density at radius 3 is 2.66 bits per heavy atom. The third-order valence-corrected chi connectivity index (χ3v) is 7.11. The second kappa shape index (κ2) is 10.3. The highest BCUT2D eigenvalue weighted by Gasteiger charge is 2.31. The number of aryl methyl sites for hydroxylation is 1. The van der Waals surface area contributed by atoms with Crippen molar-refractivity contribution in [2.45, 2.75) is 49.5 Å². The van der Waals surface area contributed by atoms with E-state index in [-0.39, 0.29) is 5.91 Å². The van der Waals surface area contributed by atoms with Gasteiger partial charge in [-0.3, -0.25) is 9.78 Å². The highest BCUT2D eigenvalue weighted by Crippen LogP contribution is 2.24. The number of rotatable bonds is 8. The average Bonchev–Trinajstić information content (AvgIpc) is 3.44. The number of likely N-dealkylation sites (tertiary alicyclic amines) is 2. The van der Waals surface area contributed by atoms with Gasteiger partial charge in [-0.2, -0.15) is 0 Å². The SMILES string of the molecule is O=C(c1ccc(SCCCc2cccnc2)cc1)N1CCC[C@H]1CN1CCCC1. The number of carbonyl (C=O) groups excluding carboxylic acids is 1. The number of hydrogen-bond donors (Lipinski definition) is 0. The normalized spacial score (nSPS) is 19.7. The van der Waals surface area contributed by atoms with Crippen LogP contribution in [-0.4, -0.2) is 58.7 Å². The maximum Gasteiger partial charge on any atom is 0.254 e. The number of thioether (sulfide) groups is 1. The van der Waals surface area contributed by atoms with Gasteiger partial charge in [-0.15, -0.1) is 11.8 Å². The Balaban J connectivity index is 1.26. The van der Waals surface area contributed by atoms with E-state index in [1.807, 2.05) is 42.4 Å². The van der Waals surface area contributed by atoms with Crippen molar-refractivity contribution in [2.24, 2.45) is 0 Å². The zero-order chi connectivity index (χ0) is 19.9. The Bertz CT molecular complexity index is 774. The molecule has 0 aliphatic carbocycles. The summed E-state index contributed by atoms with van der Waals surface area (Å²) >= 11 is 1.86. The van der Waals surface area contributed by atoms with E-state index in [2.05, 4.69) is 33.0 Å². The van der Waals surface area contributed by atoms with E-state index in [4.69, 9.17) is 0 Å². The van der Waals surface area contributed by atoms with Gasteiger partial charge in [-0.1, -0.05) is 6.07 Å². The first-order valence-electron chi connectivity index (χ1n) is 10.9. The van der Waals surface area contributed by atoms with E-state index in [0.717, 1.165) is 50.1 Å². The lowest BCUT2D eigenvalue weighted by Crippen LogP contribution is -2.42. The molecule has 1 atom stereocenters. The molecule has 2 aliphatic rings. The monoisotopic (exact) mass is 409 g/mol. The third kappa shape index (κ3) is 5.61. The Kier molecular flexibility index (Phi) is 7.23. The van der Waals surface area contributed by atoms with Gasteiger partial charge in [-0.25, -0.2) is 0 Å². The van der Waals surface area contributed by atoms with Crippen molar-refractivity contribution < 1.29 is 4.79 Å². The summed E-state index contributed by atoms with van der Waals surface area (Å²) in [6.45, 7) is 4.36. The molecule has 0 N–H and O–H groups in total. The van der Waals surface area contributed by atoms with Crippen LogP contribution in [0.1, 0.15) is 48.0 Å². The number of pyridine rings is 1. The van der Waals surface area contributed by atoms with Crippen LogP contribution in [0.4, 0.5) is 0 Å². The Morgan fingerprint density at radius 2 is 1.90 bits per heavy atom. The van der Waals surface area contributed by atoms with Gasteiger partial charge in [0.15, 0.2) is 0 Å². The zero-order valence-electron chi connectivity index (χ0n) is 17.1. The lowest BCUT2D eigenvalue weighted by atomic mass is 10.1. The number of carbonyl (C=O) groups is 1. The molecule has 2 aliphatic heterocycles. The van der Waals surface area contributed by atoms with Gasteiger partial charge < -0.3 is 9.80 Å². The maximum absolute atomic E-state index is 13.1. The molecule has 0 unspecified atom stereocenters. The van der Waals surface area contributed by atoms with Crippen LogP contribution < -0.4 is 0 Å². The minimum absolute atomic E-state index is 0.208. The molecule has 5 heteroatoms. The van der Waals surface area contributed by atoms with Crippen LogP contribution in [0.25, 0.3) is 0 Å². The van der Waals surface area contributed by atoms with Gasteiger partial charge in [0.05, 0.1) is 0 Å². The number of benzene rings is 1. The van der Waals surface area contributed by atoms with Crippen LogP contribution in [0.2, 0.25) is 0 Å². The van der Waals surface area contributed by atoms with E-state index in [9.17, 15) is 4.79 Å². The molecule has 0 saturated carbocycles. The number of amides is 1. The van der Waals surface area contributed by atoms with Crippen LogP contribution >= 0.6 is 11.8 Å². The predicted molar refractivity (Wildman–Crippen MR) is 119 cm³/mol. The van der Waals surface area contributed by atoms with E-state index in [0.29, 0.717) is 6.04 Å². The summed E-state index contributed by atoms with van der Waals surface area (Å²) in [7, 11) is 0. The average molecular weight is 410 g/mol. The number of aromatic nitrogens is 1. The summed E-state index contributed by atoms with van der Waals surface area (Å²) in [5, 5.41) is 0. The van der Waals surface area contributed by atoms with Gasteiger partial charge in [0.1, 0.15) is 0 Å². The fraction of sp³-hybridized carbons (Fsp3) is 0.500. The van der Waals surface area contributed by atoms with Crippen molar-refractivity contribution in [3.8, 4) is 0 Å². The van der Waals surface area contributed by atoms with Crippen LogP contribution in [-0.2, 0) is 6.42 Å². The smallest absolute Gasteiger partial charge is 0.254 e. The second-order valence-corrected chi connectivity index (χ2v) is 9.31. The Labute approximate surface area is 178 Å². The molecular weight excluding hydrogens is 378 g/mol. The van der Waals surface area contributed by atoms with Gasteiger partial charge in [0.2, 0.25) is 0 Å². The quantitative estimate of drug-likeness (QED) is 0.475. The molecule has 4 rings (SSSR count). The molecule has 1 aromatic carbocycles. The first-order valence-corrected chi connectivity index (χ1v) is 11.9. The van der Waals surface area contributed by atoms with Gasteiger partial charge in [-0.05, 0) is 93.3 Å². The second-order valence-electron chi connectivity index (χ2n) is 8.14. The topological polar surface area (TPSA) is 36.4 Å². The molecule has 2 aromatic rings. The van der Waals surface area contributed by atoms with Crippen molar-refractivity contribution in [2.75, 3.05) is 31.9 Å². The highest BCUT2D eigenvalue weighted by atomic mass is 32.2. The predicted octanol–water partition coefficient (Wildman–Crippen LogP) is 4.51. The van der Waals surface area contributed by atoms with Gasteiger partial charge in [0, 0.05) is 42.0 Å². The van der Waals surface area contributed by atoms with Gasteiger partial charge >= 0.3 is 0 Å². The molecule has 0 bridgehead atoms. The van der Waals surface area contributed by atoms with E-state index in [1.54, 1.807) is 0 Å². The van der Waals surface area contributed by atoms with E-state index >= 15 is 0 Å². The molecule has 4 nitrogen and oxygen atoms in total. The minimum Gasteiger partial charge on any atom is -0.334 e. The van der Waals surface area contributed by atoms with Crippen molar-refractivity contribution >= 4 is 17.7 Å². The first-order chi connectivity index (χ1) is 14.3. The van der Waals surface area contributed by atoms with Crippen LogP contribution in [0.3, 0.4) is 0 Å². The summed E-state index contributed by atoms with van der Waals surface area (Å²) < 4.78 is 0. The lowest BCUT2D eigenvalue weighted by Gasteiger charge is -2.28. The van der Waals surface area contributed by atoms with Crippen molar-refractivity contribution in [1.29, 1.82) is 0 Å². The summed E-state index contributed by atoms with van der Waals surface area (Å²) in [6, 6.07) is 12.7. The van der Waals surface area contributed by atoms with Crippen molar-refractivity contribution in [3.63, 3.8) is 0 Å². The molecule has 2 fully saturated rings.